The Balaban J connectivity index is 1.32. The molecule has 2 aliphatic rings. The van der Waals surface area contributed by atoms with Crippen molar-refractivity contribution in [3.05, 3.63) is 65.4 Å². The molecule has 2 aliphatic heterocycles. The molecule has 3 heterocycles. The van der Waals surface area contributed by atoms with Gasteiger partial charge in [-0.1, -0.05) is 23.7 Å². The van der Waals surface area contributed by atoms with E-state index in [2.05, 4.69) is 10.3 Å². The number of imidazole rings is 1. The van der Waals surface area contributed by atoms with Crippen molar-refractivity contribution in [3.63, 3.8) is 0 Å². The van der Waals surface area contributed by atoms with Crippen molar-refractivity contribution in [3.8, 4) is 22.9 Å². The minimum absolute atomic E-state index is 0.0594. The molecule has 0 aliphatic carbocycles. The quantitative estimate of drug-likeness (QED) is 0.479. The summed E-state index contributed by atoms with van der Waals surface area (Å²) >= 11 is 6.08. The van der Waals surface area contributed by atoms with Crippen molar-refractivity contribution >= 4 is 29.3 Å². The van der Waals surface area contributed by atoms with Gasteiger partial charge in [-0.15, -0.1) is 0 Å². The van der Waals surface area contributed by atoms with E-state index >= 15 is 0 Å². The number of hydrogen-bond donors (Lipinski definition) is 1. The first-order valence-electron chi connectivity index (χ1n) is 14.9. The van der Waals surface area contributed by atoms with Crippen LogP contribution >= 0.6 is 11.6 Å². The molecule has 228 valence electrons. The fourth-order valence-electron chi connectivity index (χ4n) is 5.47. The SMILES string of the molecule is Cc1cc(Cl)ccc1OCC(=O)N1CCCCN(C(=O)[C@@H]2CCC(=O)N2)CCCOc2cccc(c2)-c2nccn2CC1. The van der Waals surface area contributed by atoms with E-state index in [0.29, 0.717) is 82.2 Å². The van der Waals surface area contributed by atoms with Crippen LogP contribution in [0.15, 0.2) is 54.9 Å². The van der Waals surface area contributed by atoms with Gasteiger partial charge in [-0.3, -0.25) is 14.4 Å². The molecular weight excluding hydrogens is 570 g/mol. The molecule has 43 heavy (non-hydrogen) atoms. The summed E-state index contributed by atoms with van der Waals surface area (Å²) in [5.41, 5.74) is 1.78. The molecule has 5 rings (SSSR count). The molecule has 0 radical (unpaired) electrons. The van der Waals surface area contributed by atoms with Crippen molar-refractivity contribution in [1.82, 2.24) is 24.7 Å². The Hall–Kier alpha value is -4.05. The number of nitrogens with zero attached hydrogens (tertiary/aromatic N) is 4. The highest BCUT2D eigenvalue weighted by atomic mass is 35.5. The van der Waals surface area contributed by atoms with Crippen molar-refractivity contribution in [1.29, 1.82) is 0 Å². The lowest BCUT2D eigenvalue weighted by atomic mass is 10.1. The normalized spacial score (nSPS) is 18.3. The number of halogens is 1. The molecule has 1 aromatic heterocycles. The van der Waals surface area contributed by atoms with Crippen LogP contribution in [0.25, 0.3) is 11.4 Å². The van der Waals surface area contributed by atoms with Gasteiger partial charge >= 0.3 is 0 Å². The van der Waals surface area contributed by atoms with Crippen LogP contribution in [-0.4, -0.2) is 82.5 Å². The van der Waals surface area contributed by atoms with E-state index in [-0.39, 0.29) is 24.3 Å². The van der Waals surface area contributed by atoms with Crippen LogP contribution in [0.1, 0.15) is 37.7 Å². The van der Waals surface area contributed by atoms with Gasteiger partial charge in [0.05, 0.1) is 6.61 Å². The van der Waals surface area contributed by atoms with E-state index in [9.17, 15) is 14.4 Å². The van der Waals surface area contributed by atoms with Gasteiger partial charge in [0.15, 0.2) is 6.61 Å². The second-order valence-electron chi connectivity index (χ2n) is 10.9. The van der Waals surface area contributed by atoms with Crippen molar-refractivity contribution in [2.24, 2.45) is 0 Å². The molecule has 1 fully saturated rings. The summed E-state index contributed by atoms with van der Waals surface area (Å²) in [4.78, 5) is 46.7. The monoisotopic (exact) mass is 607 g/mol. The molecule has 1 N–H and O–H groups in total. The summed E-state index contributed by atoms with van der Waals surface area (Å²) in [5.74, 6) is 1.88. The number of aryl methyl sites for hydroxylation is 1. The van der Waals surface area contributed by atoms with E-state index < -0.39 is 6.04 Å². The fraction of sp³-hybridized carbons (Fsp3) is 0.438. The topological polar surface area (TPSA) is 106 Å². The predicted octanol–water partition coefficient (Wildman–Crippen LogP) is 4.09. The second-order valence-corrected chi connectivity index (χ2v) is 11.4. The van der Waals surface area contributed by atoms with Crippen LogP contribution in [0, 0.1) is 6.92 Å². The first-order valence-corrected chi connectivity index (χ1v) is 15.2. The molecule has 3 amide bonds. The number of amides is 3. The second kappa shape index (κ2) is 14.4. The maximum absolute atomic E-state index is 13.4. The Labute approximate surface area is 256 Å². The van der Waals surface area contributed by atoms with Crippen LogP contribution in [0.2, 0.25) is 5.02 Å². The number of benzene rings is 2. The van der Waals surface area contributed by atoms with E-state index in [1.807, 2.05) is 51.8 Å². The molecule has 1 atom stereocenters. The van der Waals surface area contributed by atoms with Gasteiger partial charge in [0.1, 0.15) is 23.4 Å². The summed E-state index contributed by atoms with van der Waals surface area (Å²) in [5, 5.41) is 3.42. The summed E-state index contributed by atoms with van der Waals surface area (Å²) in [6.45, 7) is 4.85. The van der Waals surface area contributed by atoms with E-state index in [4.69, 9.17) is 21.1 Å². The standard InChI is InChI=1S/C32H38ClN5O5/c1-23-20-25(33)8-10-28(23)43-22-30(40)36-13-2-3-14-38(32(41)27-9-11-29(39)35-27)15-5-19-42-26-7-4-6-24(21-26)31-34-12-16-37(31)18-17-36/h4,6-8,10,12,16,20-21,27H,2-3,5,9,11,13-15,17-19,22H2,1H3,(H,35,39)/t27-/m0/s1. The van der Waals surface area contributed by atoms with Crippen LogP contribution in [0.3, 0.4) is 0 Å². The average Bonchev–Trinajstić information content (AvgIpc) is 3.65. The van der Waals surface area contributed by atoms with E-state index in [1.54, 1.807) is 24.4 Å². The van der Waals surface area contributed by atoms with Gasteiger partial charge in [0.2, 0.25) is 11.8 Å². The lowest BCUT2D eigenvalue weighted by Gasteiger charge is -2.27. The zero-order valence-electron chi connectivity index (χ0n) is 24.5. The Morgan fingerprint density at radius 1 is 1.05 bits per heavy atom. The van der Waals surface area contributed by atoms with Gasteiger partial charge in [-0.2, -0.15) is 0 Å². The van der Waals surface area contributed by atoms with E-state index in [1.165, 1.54) is 0 Å². The Morgan fingerprint density at radius 2 is 1.86 bits per heavy atom. The lowest BCUT2D eigenvalue weighted by Crippen LogP contribution is -2.45. The molecule has 2 bridgehead atoms. The minimum atomic E-state index is -0.479. The number of fused-ring (bicyclic) bond motifs is 4. The molecule has 0 saturated carbocycles. The van der Waals surface area contributed by atoms with Crippen LogP contribution in [-0.2, 0) is 20.9 Å². The third-order valence-corrected chi connectivity index (χ3v) is 8.05. The van der Waals surface area contributed by atoms with Crippen molar-refractivity contribution in [2.45, 2.75) is 51.6 Å². The summed E-state index contributed by atoms with van der Waals surface area (Å²) in [6, 6.07) is 12.6. The maximum atomic E-state index is 13.4. The number of carbonyl (C=O) groups is 3. The Bertz CT molecular complexity index is 1440. The van der Waals surface area contributed by atoms with Gasteiger partial charge in [0.25, 0.3) is 5.91 Å². The molecule has 3 aromatic rings. The highest BCUT2D eigenvalue weighted by Crippen LogP contribution is 2.24. The molecule has 1 saturated heterocycles. The zero-order chi connectivity index (χ0) is 30.2. The van der Waals surface area contributed by atoms with Crippen LogP contribution in [0.5, 0.6) is 11.5 Å². The minimum Gasteiger partial charge on any atom is -0.494 e. The first kappa shape index (κ1) is 30.4. The van der Waals surface area contributed by atoms with Crippen molar-refractivity contribution < 1.29 is 23.9 Å². The van der Waals surface area contributed by atoms with Crippen LogP contribution < -0.4 is 14.8 Å². The smallest absolute Gasteiger partial charge is 0.260 e. The third-order valence-electron chi connectivity index (χ3n) is 7.81. The number of nitrogens with one attached hydrogen (secondary N) is 1. The lowest BCUT2D eigenvalue weighted by molar-refractivity contribution is -0.135. The third kappa shape index (κ3) is 8.07. The molecule has 10 nitrogen and oxygen atoms in total. The molecular formula is C32H38ClN5O5. The van der Waals surface area contributed by atoms with E-state index in [0.717, 1.165) is 22.7 Å². The molecule has 11 heteroatoms. The number of rotatable bonds is 4. The van der Waals surface area contributed by atoms with Gasteiger partial charge in [-0.05, 0) is 68.5 Å². The Morgan fingerprint density at radius 3 is 2.65 bits per heavy atom. The number of hydrogen-bond acceptors (Lipinski definition) is 6. The number of carbonyl (C=O) groups excluding carboxylic acids is 3. The first-order chi connectivity index (χ1) is 20.9. The molecule has 0 spiro atoms. The summed E-state index contributed by atoms with van der Waals surface area (Å²) in [6.07, 6.45) is 6.64. The van der Waals surface area contributed by atoms with Crippen molar-refractivity contribution in [2.75, 3.05) is 39.4 Å². The predicted molar refractivity (Wildman–Crippen MR) is 163 cm³/mol. The Kier molecular flexibility index (Phi) is 10.2. The highest BCUT2D eigenvalue weighted by Gasteiger charge is 2.30. The highest BCUT2D eigenvalue weighted by molar-refractivity contribution is 6.30. The summed E-state index contributed by atoms with van der Waals surface area (Å²) in [7, 11) is 0. The summed E-state index contributed by atoms with van der Waals surface area (Å²) < 4.78 is 14.0. The maximum Gasteiger partial charge on any atom is 0.260 e. The van der Waals surface area contributed by atoms with Crippen LogP contribution in [0.4, 0.5) is 0 Å². The number of aromatic nitrogens is 2. The zero-order valence-corrected chi connectivity index (χ0v) is 25.2. The fourth-order valence-corrected chi connectivity index (χ4v) is 5.70. The number of ether oxygens (including phenoxy) is 2. The molecule has 0 unspecified atom stereocenters. The van der Waals surface area contributed by atoms with Gasteiger partial charge in [0, 0.05) is 62.1 Å². The van der Waals surface area contributed by atoms with Gasteiger partial charge in [-0.25, -0.2) is 4.98 Å². The largest absolute Gasteiger partial charge is 0.494 e. The average molecular weight is 608 g/mol. The molecule has 2 aromatic carbocycles. The van der Waals surface area contributed by atoms with Gasteiger partial charge < -0.3 is 29.2 Å².